The summed E-state index contributed by atoms with van der Waals surface area (Å²) < 4.78 is 5.22. The van der Waals surface area contributed by atoms with E-state index in [9.17, 15) is 14.7 Å². The minimum atomic E-state index is -0.825. The first-order valence-corrected chi connectivity index (χ1v) is 9.95. The van der Waals surface area contributed by atoms with Gasteiger partial charge in [0.25, 0.3) is 5.91 Å². The second kappa shape index (κ2) is 7.29. The molecule has 0 unspecified atom stereocenters. The Labute approximate surface area is 171 Å². The Morgan fingerprint density at radius 1 is 1.21 bits per heavy atom. The molecule has 4 rings (SSSR count). The van der Waals surface area contributed by atoms with Gasteiger partial charge in [0.1, 0.15) is 5.01 Å². The van der Waals surface area contributed by atoms with Gasteiger partial charge in [0.15, 0.2) is 11.5 Å². The van der Waals surface area contributed by atoms with E-state index in [1.807, 2.05) is 24.3 Å². The van der Waals surface area contributed by atoms with Crippen molar-refractivity contribution >= 4 is 28.2 Å². The highest BCUT2D eigenvalue weighted by molar-refractivity contribution is 7.15. The molecule has 7 nitrogen and oxygen atoms in total. The smallest absolute Gasteiger partial charge is 0.296 e. The van der Waals surface area contributed by atoms with Gasteiger partial charge in [0.2, 0.25) is 10.9 Å². The first-order valence-electron chi connectivity index (χ1n) is 9.13. The van der Waals surface area contributed by atoms with Crippen LogP contribution in [0.2, 0.25) is 0 Å². The van der Waals surface area contributed by atoms with E-state index in [0.717, 1.165) is 5.56 Å². The molecule has 148 valence electrons. The maximum Gasteiger partial charge on any atom is 0.296 e. The van der Waals surface area contributed by atoms with Crippen LogP contribution in [0.4, 0.5) is 5.13 Å². The lowest BCUT2D eigenvalue weighted by atomic mass is 9.93. The van der Waals surface area contributed by atoms with Gasteiger partial charge < -0.3 is 9.52 Å². The fourth-order valence-corrected chi connectivity index (χ4v) is 4.05. The molecule has 1 aliphatic heterocycles. The van der Waals surface area contributed by atoms with Gasteiger partial charge in [0, 0.05) is 0 Å². The van der Waals surface area contributed by atoms with Crippen molar-refractivity contribution in [3.05, 3.63) is 75.9 Å². The van der Waals surface area contributed by atoms with Crippen LogP contribution in [-0.2, 0) is 4.79 Å². The Bertz CT molecular complexity index is 1100. The minimum Gasteiger partial charge on any atom is -0.503 e. The number of benzene rings is 1. The summed E-state index contributed by atoms with van der Waals surface area (Å²) in [5, 5.41) is 19.7. The van der Waals surface area contributed by atoms with Gasteiger partial charge in [-0.15, -0.1) is 10.2 Å². The monoisotopic (exact) mass is 409 g/mol. The van der Waals surface area contributed by atoms with Gasteiger partial charge in [-0.05, 0) is 36.1 Å². The van der Waals surface area contributed by atoms with Gasteiger partial charge in [-0.3, -0.25) is 14.5 Å². The highest BCUT2D eigenvalue weighted by Gasteiger charge is 2.46. The molecular formula is C21H19N3O4S. The number of Topliss-reactive ketones (excluding diaryl/α,β-unsaturated/α-hetero) is 1. The molecule has 1 amide bonds. The molecule has 29 heavy (non-hydrogen) atoms. The summed E-state index contributed by atoms with van der Waals surface area (Å²) in [5.74, 6) is -1.43. The van der Waals surface area contributed by atoms with Crippen LogP contribution in [0.15, 0.2) is 58.4 Å². The molecule has 1 aliphatic rings. The van der Waals surface area contributed by atoms with Crippen molar-refractivity contribution in [2.24, 2.45) is 0 Å². The van der Waals surface area contributed by atoms with E-state index < -0.39 is 23.5 Å². The summed E-state index contributed by atoms with van der Waals surface area (Å²) in [7, 11) is 0. The number of carbonyl (C=O) groups is 2. The lowest BCUT2D eigenvalue weighted by molar-refractivity contribution is -0.117. The highest BCUT2D eigenvalue weighted by Crippen LogP contribution is 2.42. The maximum atomic E-state index is 13.1. The fraction of sp³-hybridized carbons (Fsp3) is 0.238. The Morgan fingerprint density at radius 3 is 2.48 bits per heavy atom. The summed E-state index contributed by atoms with van der Waals surface area (Å²) in [6.45, 7) is 5.94. The number of nitrogens with zero attached hydrogens (tertiary/aromatic N) is 3. The van der Waals surface area contributed by atoms with Crippen molar-refractivity contribution in [3.63, 3.8) is 0 Å². The molecule has 0 aliphatic carbocycles. The zero-order valence-corrected chi connectivity index (χ0v) is 16.9. The summed E-state index contributed by atoms with van der Waals surface area (Å²) in [6.07, 6.45) is 1.37. The summed E-state index contributed by atoms with van der Waals surface area (Å²) in [5.41, 5.74) is 1.79. The normalized spacial score (nSPS) is 16.9. The quantitative estimate of drug-likeness (QED) is 0.630. The lowest BCUT2D eigenvalue weighted by Gasteiger charge is -2.24. The van der Waals surface area contributed by atoms with E-state index in [1.54, 1.807) is 13.0 Å². The van der Waals surface area contributed by atoms with Gasteiger partial charge in [-0.2, -0.15) is 0 Å². The Kier molecular flexibility index (Phi) is 4.79. The van der Waals surface area contributed by atoms with Crippen molar-refractivity contribution in [1.82, 2.24) is 10.2 Å². The number of aromatic nitrogens is 2. The molecule has 1 N–H and O–H groups in total. The second-order valence-corrected chi connectivity index (χ2v) is 8.23. The molecule has 2 aromatic heterocycles. The zero-order chi connectivity index (χ0) is 20.7. The third-order valence-electron chi connectivity index (χ3n) is 4.84. The number of hydrogen-bond donors (Lipinski definition) is 1. The third kappa shape index (κ3) is 3.25. The number of anilines is 1. The summed E-state index contributed by atoms with van der Waals surface area (Å²) in [4.78, 5) is 27.3. The number of carbonyl (C=O) groups excluding carboxylic acids is 2. The number of ketones is 1. The van der Waals surface area contributed by atoms with E-state index in [0.29, 0.717) is 21.6 Å². The van der Waals surface area contributed by atoms with Crippen LogP contribution < -0.4 is 4.90 Å². The maximum absolute atomic E-state index is 13.1. The van der Waals surface area contributed by atoms with E-state index >= 15 is 0 Å². The number of aryl methyl sites for hydroxylation is 1. The van der Waals surface area contributed by atoms with Crippen molar-refractivity contribution in [2.75, 3.05) is 4.90 Å². The van der Waals surface area contributed by atoms with Crippen LogP contribution in [0, 0.1) is 6.92 Å². The molecule has 8 heteroatoms. The molecule has 1 aromatic carbocycles. The Hall–Kier alpha value is -3.26. The molecule has 0 spiro atoms. The van der Waals surface area contributed by atoms with E-state index in [1.165, 1.54) is 28.6 Å². The van der Waals surface area contributed by atoms with Crippen molar-refractivity contribution in [3.8, 4) is 0 Å². The molecule has 1 atom stereocenters. The average Bonchev–Trinajstić information content (AvgIpc) is 3.43. The second-order valence-electron chi connectivity index (χ2n) is 7.07. The lowest BCUT2D eigenvalue weighted by Crippen LogP contribution is -2.31. The van der Waals surface area contributed by atoms with Gasteiger partial charge >= 0.3 is 0 Å². The average molecular weight is 409 g/mol. The SMILES string of the molecule is Cc1nnc(N2C(=O)C(O)=C(C(=O)c3ccco3)[C@H]2c2ccc(C(C)C)cc2)s1. The summed E-state index contributed by atoms with van der Waals surface area (Å²) >= 11 is 1.22. The minimum absolute atomic E-state index is 0.0323. The molecule has 0 saturated carbocycles. The summed E-state index contributed by atoms with van der Waals surface area (Å²) in [6, 6.07) is 9.90. The number of rotatable bonds is 5. The number of furan rings is 1. The Balaban J connectivity index is 1.85. The first-order chi connectivity index (χ1) is 13.9. The first kappa shape index (κ1) is 19.1. The molecular weight excluding hydrogens is 390 g/mol. The third-order valence-corrected chi connectivity index (χ3v) is 5.68. The van der Waals surface area contributed by atoms with Crippen molar-refractivity contribution < 1.29 is 19.1 Å². The van der Waals surface area contributed by atoms with Crippen molar-refractivity contribution in [2.45, 2.75) is 32.7 Å². The van der Waals surface area contributed by atoms with Crippen molar-refractivity contribution in [1.29, 1.82) is 0 Å². The van der Waals surface area contributed by atoms with Crippen LogP contribution in [0.1, 0.15) is 52.5 Å². The number of aliphatic hydroxyl groups is 1. The van der Waals surface area contributed by atoms with Gasteiger partial charge in [-0.25, -0.2) is 0 Å². The molecule has 0 saturated heterocycles. The zero-order valence-electron chi connectivity index (χ0n) is 16.1. The number of aliphatic hydroxyl groups excluding tert-OH is 1. The van der Waals surface area contributed by atoms with E-state index in [-0.39, 0.29) is 11.3 Å². The highest BCUT2D eigenvalue weighted by atomic mass is 32.1. The molecule has 3 aromatic rings. The molecule has 0 radical (unpaired) electrons. The fourth-order valence-electron chi connectivity index (χ4n) is 3.34. The molecule has 0 bridgehead atoms. The van der Waals surface area contributed by atoms with Crippen LogP contribution in [-0.4, -0.2) is 27.0 Å². The van der Waals surface area contributed by atoms with E-state index in [4.69, 9.17) is 4.42 Å². The van der Waals surface area contributed by atoms with Gasteiger partial charge in [-0.1, -0.05) is 49.4 Å². The molecule has 0 fully saturated rings. The van der Waals surface area contributed by atoms with E-state index in [2.05, 4.69) is 24.0 Å². The standard InChI is InChI=1S/C21H19N3O4S/c1-11(2)13-6-8-14(9-7-13)17-16(18(25)15-5-4-10-28-15)19(26)20(27)24(17)21-23-22-12(3)29-21/h4-11,17,26H,1-3H3/t17-/m1/s1. The predicted molar refractivity (Wildman–Crippen MR) is 108 cm³/mol. The van der Waals surface area contributed by atoms with Crippen LogP contribution in [0.3, 0.4) is 0 Å². The molecule has 3 heterocycles. The van der Waals surface area contributed by atoms with Gasteiger partial charge in [0.05, 0.1) is 17.9 Å². The topological polar surface area (TPSA) is 96.5 Å². The van der Waals surface area contributed by atoms with Crippen LogP contribution in [0.25, 0.3) is 0 Å². The van der Waals surface area contributed by atoms with Crippen LogP contribution >= 0.6 is 11.3 Å². The number of hydrogen-bond acceptors (Lipinski definition) is 7. The Morgan fingerprint density at radius 2 is 1.93 bits per heavy atom. The largest absolute Gasteiger partial charge is 0.503 e. The number of amides is 1. The van der Waals surface area contributed by atoms with Crippen LogP contribution in [0.5, 0.6) is 0 Å². The predicted octanol–water partition coefficient (Wildman–Crippen LogP) is 4.35.